The quantitative estimate of drug-likeness (QED) is 0.759. The maximum atomic E-state index is 10.9. The number of anilines is 1. The Morgan fingerprint density at radius 3 is 2.94 bits per heavy atom. The summed E-state index contributed by atoms with van der Waals surface area (Å²) in [7, 11) is 0. The molecule has 16 heavy (non-hydrogen) atoms. The molecule has 1 aromatic rings. The molecular weight excluding hydrogens is 204 g/mol. The molecule has 2 N–H and O–H groups in total. The van der Waals surface area contributed by atoms with Gasteiger partial charge in [-0.3, -0.25) is 4.98 Å². The third kappa shape index (κ3) is 2.99. The summed E-state index contributed by atoms with van der Waals surface area (Å²) in [5.41, 5.74) is 0.329. The van der Waals surface area contributed by atoms with Gasteiger partial charge < -0.3 is 10.4 Å². The second kappa shape index (κ2) is 4.67. The molecule has 0 bridgehead atoms. The first-order valence-corrected chi connectivity index (χ1v) is 4.85. The summed E-state index contributed by atoms with van der Waals surface area (Å²) in [6.07, 6.45) is 8.61. The van der Waals surface area contributed by atoms with E-state index in [-0.39, 0.29) is 11.1 Å². The first kappa shape index (κ1) is 12.1. The fourth-order valence-corrected chi connectivity index (χ4v) is 1.34. The van der Waals surface area contributed by atoms with Crippen LogP contribution in [0.25, 0.3) is 0 Å². The molecule has 0 spiro atoms. The largest absolute Gasteiger partial charge is 0.478 e. The number of aromatic carboxylic acids is 1. The number of carboxylic acid groups (broad SMARTS) is 1. The number of nitrogens with one attached hydrogen (secondary N) is 1. The van der Waals surface area contributed by atoms with Crippen molar-refractivity contribution < 1.29 is 9.90 Å². The number of terminal acetylenes is 1. The lowest BCUT2D eigenvalue weighted by molar-refractivity contribution is 0.0697. The van der Waals surface area contributed by atoms with Gasteiger partial charge in [-0.15, -0.1) is 12.3 Å². The molecule has 0 aromatic carbocycles. The molecule has 4 nitrogen and oxygen atoms in total. The van der Waals surface area contributed by atoms with Gasteiger partial charge in [0.25, 0.3) is 0 Å². The van der Waals surface area contributed by atoms with Crippen LogP contribution in [0, 0.1) is 12.3 Å². The summed E-state index contributed by atoms with van der Waals surface area (Å²) in [5, 5.41) is 12.1. The molecule has 0 saturated heterocycles. The Labute approximate surface area is 94.7 Å². The Hall–Kier alpha value is -2.02. The van der Waals surface area contributed by atoms with Gasteiger partial charge in [0.2, 0.25) is 0 Å². The van der Waals surface area contributed by atoms with Crippen LogP contribution < -0.4 is 5.32 Å². The van der Waals surface area contributed by atoms with Gasteiger partial charge in [0, 0.05) is 24.4 Å². The lowest BCUT2D eigenvalue weighted by Gasteiger charge is -2.26. The van der Waals surface area contributed by atoms with Crippen LogP contribution in [0.3, 0.4) is 0 Å². The van der Waals surface area contributed by atoms with Crippen LogP contribution in [0.1, 0.15) is 30.6 Å². The van der Waals surface area contributed by atoms with Gasteiger partial charge in [-0.2, -0.15) is 0 Å². The van der Waals surface area contributed by atoms with E-state index in [0.29, 0.717) is 12.1 Å². The molecule has 0 fully saturated rings. The van der Waals surface area contributed by atoms with Gasteiger partial charge in [0.15, 0.2) is 0 Å². The summed E-state index contributed by atoms with van der Waals surface area (Å²) >= 11 is 0. The molecule has 1 aromatic heterocycles. The fourth-order valence-electron chi connectivity index (χ4n) is 1.34. The Bertz CT molecular complexity index is 433. The van der Waals surface area contributed by atoms with Crippen molar-refractivity contribution in [3.8, 4) is 12.3 Å². The average Bonchev–Trinajstić information content (AvgIpc) is 2.17. The van der Waals surface area contributed by atoms with Crippen molar-refractivity contribution in [2.24, 2.45) is 0 Å². The van der Waals surface area contributed by atoms with Gasteiger partial charge in [0.05, 0.1) is 5.69 Å². The van der Waals surface area contributed by atoms with Crippen molar-refractivity contribution >= 4 is 11.7 Å². The minimum Gasteiger partial charge on any atom is -0.478 e. The zero-order chi connectivity index (χ0) is 12.2. The predicted octanol–water partition coefficient (Wildman–Crippen LogP) is 1.99. The minimum atomic E-state index is -1.01. The number of pyridine rings is 1. The lowest BCUT2D eigenvalue weighted by atomic mass is 10.0. The highest BCUT2D eigenvalue weighted by atomic mass is 16.4. The summed E-state index contributed by atoms with van der Waals surface area (Å²) in [6.45, 7) is 3.83. The zero-order valence-corrected chi connectivity index (χ0v) is 9.32. The normalized spacial score (nSPS) is 10.6. The van der Waals surface area contributed by atoms with Crippen LogP contribution in [-0.4, -0.2) is 21.6 Å². The smallest absolute Gasteiger partial charge is 0.339 e. The highest BCUT2D eigenvalue weighted by Gasteiger charge is 2.19. The number of carbonyl (C=O) groups is 1. The Morgan fingerprint density at radius 2 is 2.38 bits per heavy atom. The van der Waals surface area contributed by atoms with E-state index < -0.39 is 5.97 Å². The molecule has 0 unspecified atom stereocenters. The van der Waals surface area contributed by atoms with Gasteiger partial charge in [-0.05, 0) is 19.9 Å². The molecule has 0 radical (unpaired) electrons. The van der Waals surface area contributed by atoms with Crippen LogP contribution >= 0.6 is 0 Å². The summed E-state index contributed by atoms with van der Waals surface area (Å²) in [4.78, 5) is 14.7. The predicted molar refractivity (Wildman–Crippen MR) is 62.3 cm³/mol. The molecule has 0 atom stereocenters. The summed E-state index contributed by atoms with van der Waals surface area (Å²) < 4.78 is 0. The van der Waals surface area contributed by atoms with E-state index in [0.717, 1.165) is 0 Å². The van der Waals surface area contributed by atoms with E-state index in [9.17, 15) is 4.79 Å². The Kier molecular flexibility index (Phi) is 3.51. The highest BCUT2D eigenvalue weighted by molar-refractivity contribution is 5.93. The fraction of sp³-hybridized carbons (Fsp3) is 0.333. The molecule has 1 heterocycles. The van der Waals surface area contributed by atoms with Gasteiger partial charge in [-0.25, -0.2) is 4.79 Å². The molecule has 84 valence electrons. The molecule has 4 heteroatoms. The van der Waals surface area contributed by atoms with Crippen LogP contribution in [0.2, 0.25) is 0 Å². The van der Waals surface area contributed by atoms with Gasteiger partial charge in [-0.1, -0.05) is 0 Å². The topological polar surface area (TPSA) is 62.2 Å². The number of nitrogens with zero attached hydrogens (tertiary/aromatic N) is 1. The van der Waals surface area contributed by atoms with Crippen LogP contribution in [0.5, 0.6) is 0 Å². The molecule has 0 aliphatic carbocycles. The lowest BCUT2D eigenvalue weighted by Crippen LogP contribution is -2.31. The number of aromatic nitrogens is 1. The van der Waals surface area contributed by atoms with Gasteiger partial charge in [0.1, 0.15) is 5.56 Å². The van der Waals surface area contributed by atoms with E-state index >= 15 is 0 Å². The third-order valence-electron chi connectivity index (χ3n) is 2.07. The number of carboxylic acids is 1. The van der Waals surface area contributed by atoms with E-state index in [1.54, 1.807) is 12.3 Å². The van der Waals surface area contributed by atoms with E-state index in [4.69, 9.17) is 11.5 Å². The number of hydrogen-bond acceptors (Lipinski definition) is 3. The van der Waals surface area contributed by atoms with Crippen molar-refractivity contribution in [1.29, 1.82) is 0 Å². The number of rotatable bonds is 4. The highest BCUT2D eigenvalue weighted by Crippen LogP contribution is 2.20. The van der Waals surface area contributed by atoms with Crippen LogP contribution in [0.4, 0.5) is 5.69 Å². The van der Waals surface area contributed by atoms with Crippen LogP contribution in [0.15, 0.2) is 18.5 Å². The molecule has 0 aliphatic rings. The monoisotopic (exact) mass is 218 g/mol. The molecule has 0 aliphatic heterocycles. The Balaban J connectivity index is 2.98. The first-order chi connectivity index (χ1) is 7.46. The average molecular weight is 218 g/mol. The molecular formula is C12H14N2O2. The van der Waals surface area contributed by atoms with Gasteiger partial charge >= 0.3 is 5.97 Å². The van der Waals surface area contributed by atoms with Crippen molar-refractivity contribution in [3.63, 3.8) is 0 Å². The number of hydrogen-bond donors (Lipinski definition) is 2. The second-order valence-electron chi connectivity index (χ2n) is 4.12. The molecule has 1 rings (SSSR count). The van der Waals surface area contributed by atoms with Crippen molar-refractivity contribution in [2.75, 3.05) is 5.32 Å². The first-order valence-electron chi connectivity index (χ1n) is 4.85. The van der Waals surface area contributed by atoms with Crippen molar-refractivity contribution in [1.82, 2.24) is 4.98 Å². The Morgan fingerprint density at radius 1 is 1.69 bits per heavy atom. The minimum absolute atomic E-state index is 0.146. The zero-order valence-electron chi connectivity index (χ0n) is 9.32. The van der Waals surface area contributed by atoms with Crippen molar-refractivity contribution in [2.45, 2.75) is 25.8 Å². The molecule has 0 saturated carbocycles. The van der Waals surface area contributed by atoms with Crippen molar-refractivity contribution in [3.05, 3.63) is 24.0 Å². The standard InChI is InChI=1S/C12H14N2O2/c1-4-6-12(2,3)14-10-5-7-13-8-9(10)11(15)16/h1,5,7-8H,6H2,2-3H3,(H,13,14)(H,15,16). The SMILES string of the molecule is C#CCC(C)(C)Nc1ccncc1C(=O)O. The maximum Gasteiger partial charge on any atom is 0.339 e. The molecule has 0 amide bonds. The van der Waals surface area contributed by atoms with E-state index in [1.165, 1.54) is 6.20 Å². The third-order valence-corrected chi connectivity index (χ3v) is 2.07. The second-order valence-corrected chi connectivity index (χ2v) is 4.12. The van der Waals surface area contributed by atoms with E-state index in [2.05, 4.69) is 16.2 Å². The maximum absolute atomic E-state index is 10.9. The van der Waals surface area contributed by atoms with Crippen LogP contribution in [-0.2, 0) is 0 Å². The summed E-state index contributed by atoms with van der Waals surface area (Å²) in [6, 6.07) is 1.63. The van der Waals surface area contributed by atoms with E-state index in [1.807, 2.05) is 13.8 Å². The summed E-state index contributed by atoms with van der Waals surface area (Å²) in [5.74, 6) is 1.54.